The molecule has 0 unspecified atom stereocenters. The van der Waals surface area contributed by atoms with Gasteiger partial charge in [0.15, 0.2) is 0 Å². The second-order valence-corrected chi connectivity index (χ2v) is 5.24. The Hall–Kier alpha value is -0.600. The molecule has 0 aliphatic heterocycles. The molecule has 0 fully saturated rings. The van der Waals surface area contributed by atoms with Crippen LogP contribution >= 0.6 is 11.6 Å². The molecular weight excluding hydrogens is 237 g/mol. The zero-order chi connectivity index (χ0) is 12.7. The predicted octanol–water partition coefficient (Wildman–Crippen LogP) is 4.40. The molecule has 3 heteroatoms. The Balaban J connectivity index is 2.18. The SMILES string of the molecule is CC(C)CCCCNCc1ccc(Cl)cc1F. The maximum atomic E-state index is 13.4. The first kappa shape index (κ1) is 14.5. The van der Waals surface area contributed by atoms with Crippen LogP contribution in [0.25, 0.3) is 0 Å². The van der Waals surface area contributed by atoms with Gasteiger partial charge < -0.3 is 5.32 Å². The minimum absolute atomic E-state index is 0.229. The van der Waals surface area contributed by atoms with Gasteiger partial charge in [-0.1, -0.05) is 44.4 Å². The first-order chi connectivity index (χ1) is 8.09. The molecule has 0 aliphatic carbocycles. The standard InChI is InChI=1S/C14H21ClFN/c1-11(2)5-3-4-8-17-10-12-6-7-13(15)9-14(12)16/h6-7,9,11,17H,3-5,8,10H2,1-2H3. The van der Waals surface area contributed by atoms with E-state index in [1.807, 2.05) is 0 Å². The zero-order valence-corrected chi connectivity index (χ0v) is 11.4. The van der Waals surface area contributed by atoms with Gasteiger partial charge in [0.1, 0.15) is 5.82 Å². The first-order valence-corrected chi connectivity index (χ1v) is 6.62. The summed E-state index contributed by atoms with van der Waals surface area (Å²) >= 11 is 5.69. The van der Waals surface area contributed by atoms with E-state index in [-0.39, 0.29) is 5.82 Å². The molecule has 0 spiro atoms. The predicted molar refractivity (Wildman–Crippen MR) is 71.8 cm³/mol. The van der Waals surface area contributed by atoms with Crippen molar-refractivity contribution >= 4 is 11.6 Å². The molecule has 0 saturated carbocycles. The third kappa shape index (κ3) is 6.04. The average molecular weight is 258 g/mol. The summed E-state index contributed by atoms with van der Waals surface area (Å²) in [6.07, 6.45) is 3.64. The van der Waals surface area contributed by atoms with Crippen molar-refractivity contribution in [3.63, 3.8) is 0 Å². The van der Waals surface area contributed by atoms with E-state index in [1.165, 1.54) is 18.9 Å². The van der Waals surface area contributed by atoms with Gasteiger partial charge in [-0.05, 0) is 31.0 Å². The summed E-state index contributed by atoms with van der Waals surface area (Å²) in [4.78, 5) is 0. The van der Waals surface area contributed by atoms with Crippen LogP contribution in [-0.2, 0) is 6.54 Å². The number of unbranched alkanes of at least 4 members (excludes halogenated alkanes) is 1. The number of halogens is 2. The van der Waals surface area contributed by atoms with Crippen molar-refractivity contribution in [3.05, 3.63) is 34.6 Å². The van der Waals surface area contributed by atoms with Crippen molar-refractivity contribution < 1.29 is 4.39 Å². The quantitative estimate of drug-likeness (QED) is 0.714. The molecule has 0 heterocycles. The number of nitrogens with one attached hydrogen (secondary N) is 1. The summed E-state index contributed by atoms with van der Waals surface area (Å²) in [5.74, 6) is 0.538. The van der Waals surface area contributed by atoms with Gasteiger partial charge in [-0.25, -0.2) is 4.39 Å². The second-order valence-electron chi connectivity index (χ2n) is 4.80. The van der Waals surface area contributed by atoms with Crippen molar-refractivity contribution in [1.82, 2.24) is 5.32 Å². The lowest BCUT2D eigenvalue weighted by molar-refractivity contribution is 0.516. The highest BCUT2D eigenvalue weighted by molar-refractivity contribution is 6.30. The van der Waals surface area contributed by atoms with Crippen molar-refractivity contribution in [2.24, 2.45) is 5.92 Å². The molecule has 0 atom stereocenters. The summed E-state index contributed by atoms with van der Waals surface area (Å²) in [5.41, 5.74) is 0.679. The molecule has 0 saturated heterocycles. The Morgan fingerprint density at radius 1 is 1.29 bits per heavy atom. The molecule has 17 heavy (non-hydrogen) atoms. The third-order valence-corrected chi connectivity index (χ3v) is 2.95. The minimum atomic E-state index is -0.229. The smallest absolute Gasteiger partial charge is 0.129 e. The maximum absolute atomic E-state index is 13.4. The van der Waals surface area contributed by atoms with Crippen molar-refractivity contribution in [2.75, 3.05) is 6.54 Å². The number of hydrogen-bond acceptors (Lipinski definition) is 1. The van der Waals surface area contributed by atoms with E-state index in [0.29, 0.717) is 17.1 Å². The van der Waals surface area contributed by atoms with Gasteiger partial charge >= 0.3 is 0 Å². The maximum Gasteiger partial charge on any atom is 0.129 e. The Labute approximate surface area is 108 Å². The van der Waals surface area contributed by atoms with Crippen LogP contribution in [0, 0.1) is 11.7 Å². The van der Waals surface area contributed by atoms with Gasteiger partial charge in [0.05, 0.1) is 0 Å². The van der Waals surface area contributed by atoms with Gasteiger partial charge in [0.2, 0.25) is 0 Å². The highest BCUT2D eigenvalue weighted by atomic mass is 35.5. The molecule has 1 rings (SSSR count). The lowest BCUT2D eigenvalue weighted by Crippen LogP contribution is -2.15. The molecule has 1 aromatic carbocycles. The van der Waals surface area contributed by atoms with Crippen LogP contribution in [0.2, 0.25) is 5.02 Å². The molecule has 0 aromatic heterocycles. The minimum Gasteiger partial charge on any atom is -0.313 e. The second kappa shape index (κ2) is 7.67. The van der Waals surface area contributed by atoms with E-state index in [4.69, 9.17) is 11.6 Å². The zero-order valence-electron chi connectivity index (χ0n) is 10.6. The summed E-state index contributed by atoms with van der Waals surface area (Å²) in [6, 6.07) is 4.82. The van der Waals surface area contributed by atoms with Crippen LogP contribution in [0.4, 0.5) is 4.39 Å². The van der Waals surface area contributed by atoms with E-state index in [0.717, 1.165) is 18.9 Å². The Morgan fingerprint density at radius 2 is 2.06 bits per heavy atom. The van der Waals surface area contributed by atoms with Crippen LogP contribution in [0.5, 0.6) is 0 Å². The van der Waals surface area contributed by atoms with E-state index in [1.54, 1.807) is 12.1 Å². The van der Waals surface area contributed by atoms with Gasteiger partial charge in [-0.2, -0.15) is 0 Å². The highest BCUT2D eigenvalue weighted by Crippen LogP contribution is 2.14. The van der Waals surface area contributed by atoms with Gasteiger partial charge in [0, 0.05) is 17.1 Å². The molecule has 0 amide bonds. The fraction of sp³-hybridized carbons (Fsp3) is 0.571. The molecule has 0 radical (unpaired) electrons. The van der Waals surface area contributed by atoms with Crippen molar-refractivity contribution in [3.8, 4) is 0 Å². The molecule has 1 nitrogen and oxygen atoms in total. The highest BCUT2D eigenvalue weighted by Gasteiger charge is 2.02. The summed E-state index contributed by atoms with van der Waals surface area (Å²) < 4.78 is 13.4. The molecule has 0 aliphatic rings. The lowest BCUT2D eigenvalue weighted by atomic mass is 10.1. The summed E-state index contributed by atoms with van der Waals surface area (Å²) in [5, 5.41) is 3.70. The Morgan fingerprint density at radius 3 is 2.71 bits per heavy atom. The van der Waals surface area contributed by atoms with E-state index < -0.39 is 0 Å². The first-order valence-electron chi connectivity index (χ1n) is 6.24. The van der Waals surface area contributed by atoms with Crippen LogP contribution in [-0.4, -0.2) is 6.54 Å². The summed E-state index contributed by atoms with van der Waals surface area (Å²) in [6.45, 7) is 5.98. The van der Waals surface area contributed by atoms with E-state index in [2.05, 4.69) is 19.2 Å². The topological polar surface area (TPSA) is 12.0 Å². The fourth-order valence-electron chi connectivity index (χ4n) is 1.69. The van der Waals surface area contributed by atoms with Crippen LogP contribution in [0.15, 0.2) is 18.2 Å². The normalized spacial score (nSPS) is 11.1. The number of rotatable bonds is 7. The molecule has 0 bridgehead atoms. The molecule has 1 N–H and O–H groups in total. The molecule has 96 valence electrons. The Bertz CT molecular complexity index is 339. The molecule has 1 aromatic rings. The van der Waals surface area contributed by atoms with Crippen molar-refractivity contribution in [2.45, 2.75) is 39.7 Å². The van der Waals surface area contributed by atoms with E-state index >= 15 is 0 Å². The van der Waals surface area contributed by atoms with Gasteiger partial charge in [-0.15, -0.1) is 0 Å². The largest absolute Gasteiger partial charge is 0.313 e. The monoisotopic (exact) mass is 257 g/mol. The molecular formula is C14H21ClFN. The fourth-order valence-corrected chi connectivity index (χ4v) is 1.85. The van der Waals surface area contributed by atoms with Crippen molar-refractivity contribution in [1.29, 1.82) is 0 Å². The lowest BCUT2D eigenvalue weighted by Gasteiger charge is -2.07. The van der Waals surface area contributed by atoms with Gasteiger partial charge in [0.25, 0.3) is 0 Å². The summed E-state index contributed by atoms with van der Waals surface area (Å²) in [7, 11) is 0. The third-order valence-electron chi connectivity index (χ3n) is 2.72. The van der Waals surface area contributed by atoms with Crippen LogP contribution in [0.1, 0.15) is 38.7 Å². The Kier molecular flexibility index (Phi) is 6.53. The van der Waals surface area contributed by atoms with E-state index in [9.17, 15) is 4.39 Å². The number of benzene rings is 1. The van der Waals surface area contributed by atoms with Crippen LogP contribution in [0.3, 0.4) is 0 Å². The average Bonchev–Trinajstić information content (AvgIpc) is 2.25. The van der Waals surface area contributed by atoms with Crippen LogP contribution < -0.4 is 5.32 Å². The van der Waals surface area contributed by atoms with Gasteiger partial charge in [-0.3, -0.25) is 0 Å². The number of hydrogen-bond donors (Lipinski definition) is 1.